The van der Waals surface area contributed by atoms with E-state index < -0.39 is 23.8 Å². The third-order valence-corrected chi connectivity index (χ3v) is 4.09. The zero-order valence-electron chi connectivity index (χ0n) is 12.6. The second kappa shape index (κ2) is 6.24. The highest BCUT2D eigenvalue weighted by atomic mass is 19.4. The number of alkyl halides is 3. The molecule has 0 saturated carbocycles. The van der Waals surface area contributed by atoms with Gasteiger partial charge < -0.3 is 10.0 Å². The smallest absolute Gasteiger partial charge is 0.378 e. The summed E-state index contributed by atoms with van der Waals surface area (Å²) >= 11 is 0. The van der Waals surface area contributed by atoms with Gasteiger partial charge in [-0.3, -0.25) is 9.78 Å². The predicted molar refractivity (Wildman–Crippen MR) is 80.0 cm³/mol. The molecule has 0 aliphatic carbocycles. The van der Waals surface area contributed by atoms with Gasteiger partial charge in [-0.05, 0) is 29.8 Å². The Labute approximate surface area is 136 Å². The van der Waals surface area contributed by atoms with E-state index in [0.29, 0.717) is 13.1 Å². The Kier molecular flexibility index (Phi) is 4.28. The molecule has 1 saturated heterocycles. The third-order valence-electron chi connectivity index (χ3n) is 4.09. The summed E-state index contributed by atoms with van der Waals surface area (Å²) in [7, 11) is 0. The summed E-state index contributed by atoms with van der Waals surface area (Å²) in [6, 6.07) is 9.52. The summed E-state index contributed by atoms with van der Waals surface area (Å²) in [5, 5.41) is 10.1. The number of pyridine rings is 1. The number of likely N-dealkylation sites (tertiary alicyclic amines) is 1. The first-order valence-electron chi connectivity index (χ1n) is 7.41. The summed E-state index contributed by atoms with van der Waals surface area (Å²) < 4.78 is 37.6. The van der Waals surface area contributed by atoms with Gasteiger partial charge in [0.1, 0.15) is 0 Å². The number of nitrogens with zero attached hydrogens (tertiary/aromatic N) is 2. The number of hydrogen-bond donors (Lipinski definition) is 1. The van der Waals surface area contributed by atoms with E-state index >= 15 is 0 Å². The van der Waals surface area contributed by atoms with Crippen LogP contribution in [0.15, 0.2) is 48.7 Å². The number of carbonyl (C=O) groups is 1. The van der Waals surface area contributed by atoms with Crippen LogP contribution in [0, 0.1) is 0 Å². The Morgan fingerprint density at radius 2 is 1.83 bits per heavy atom. The molecule has 3 rings (SSSR count). The van der Waals surface area contributed by atoms with Crippen molar-refractivity contribution >= 4 is 5.91 Å². The highest BCUT2D eigenvalue weighted by molar-refractivity contribution is 5.83. The minimum absolute atomic E-state index is 0.120. The lowest BCUT2D eigenvalue weighted by atomic mass is 9.94. The fraction of sp³-hybridized carbons (Fsp3) is 0.294. The van der Waals surface area contributed by atoms with Gasteiger partial charge in [-0.25, -0.2) is 0 Å². The molecule has 1 aliphatic rings. The van der Waals surface area contributed by atoms with Gasteiger partial charge in [-0.1, -0.05) is 18.2 Å². The topological polar surface area (TPSA) is 53.4 Å². The Bertz CT molecular complexity index is 711. The fourth-order valence-corrected chi connectivity index (χ4v) is 2.63. The molecule has 0 radical (unpaired) electrons. The minimum atomic E-state index is -4.44. The second-order valence-electron chi connectivity index (χ2n) is 5.72. The first-order chi connectivity index (χ1) is 11.4. The summed E-state index contributed by atoms with van der Waals surface area (Å²) in [5.74, 6) is -0.392. The Morgan fingerprint density at radius 3 is 2.38 bits per heavy atom. The number of hydrogen-bond acceptors (Lipinski definition) is 3. The maximum atomic E-state index is 12.5. The van der Waals surface area contributed by atoms with Gasteiger partial charge in [0.15, 0.2) is 6.10 Å². The van der Waals surface area contributed by atoms with Crippen LogP contribution < -0.4 is 0 Å². The van der Waals surface area contributed by atoms with Gasteiger partial charge >= 0.3 is 6.18 Å². The number of aliphatic hydroxyl groups is 1. The molecule has 7 heteroatoms. The van der Waals surface area contributed by atoms with E-state index in [1.165, 1.54) is 4.90 Å². The predicted octanol–water partition coefficient (Wildman–Crippen LogP) is 2.76. The summed E-state index contributed by atoms with van der Waals surface area (Å²) in [4.78, 5) is 17.9. The van der Waals surface area contributed by atoms with E-state index in [9.17, 15) is 23.1 Å². The number of halogens is 3. The van der Waals surface area contributed by atoms with Crippen molar-refractivity contribution in [1.29, 1.82) is 0 Å². The molecule has 24 heavy (non-hydrogen) atoms. The molecule has 0 bridgehead atoms. The molecule has 2 aromatic rings. The van der Waals surface area contributed by atoms with Crippen LogP contribution in [0.1, 0.15) is 28.8 Å². The van der Waals surface area contributed by atoms with E-state index in [1.807, 2.05) is 12.1 Å². The van der Waals surface area contributed by atoms with Gasteiger partial charge in [0.2, 0.25) is 0 Å². The van der Waals surface area contributed by atoms with Crippen molar-refractivity contribution in [3.05, 3.63) is 65.5 Å². The van der Waals surface area contributed by atoms with E-state index in [2.05, 4.69) is 4.98 Å². The van der Waals surface area contributed by atoms with E-state index in [4.69, 9.17) is 0 Å². The van der Waals surface area contributed by atoms with Crippen molar-refractivity contribution in [2.75, 3.05) is 13.1 Å². The highest BCUT2D eigenvalue weighted by Crippen LogP contribution is 2.31. The molecule has 126 valence electrons. The van der Waals surface area contributed by atoms with Crippen molar-refractivity contribution < 1.29 is 23.1 Å². The van der Waals surface area contributed by atoms with Gasteiger partial charge in [0.05, 0.1) is 5.56 Å². The summed E-state index contributed by atoms with van der Waals surface area (Å²) in [6.07, 6.45) is -4.23. The monoisotopic (exact) mass is 336 g/mol. The molecule has 1 amide bonds. The van der Waals surface area contributed by atoms with Gasteiger partial charge in [0, 0.05) is 30.9 Å². The van der Waals surface area contributed by atoms with Crippen LogP contribution in [0.25, 0.3) is 0 Å². The third kappa shape index (κ3) is 3.26. The van der Waals surface area contributed by atoms with Crippen LogP contribution in [-0.2, 0) is 11.0 Å². The largest absolute Gasteiger partial charge is 0.416 e. The molecule has 1 aromatic carbocycles. The number of benzene rings is 1. The van der Waals surface area contributed by atoms with Crippen molar-refractivity contribution in [3.8, 4) is 0 Å². The SMILES string of the molecule is O=C(C(O)c1ccc(C(F)(F)F)cc1)N1CC(c2ccccn2)C1. The zero-order valence-corrected chi connectivity index (χ0v) is 12.6. The molecule has 4 nitrogen and oxygen atoms in total. The molecule has 1 N–H and O–H groups in total. The first kappa shape index (κ1) is 16.4. The number of carbonyl (C=O) groups excluding carboxylic acids is 1. The van der Waals surface area contributed by atoms with Crippen LogP contribution in [0.3, 0.4) is 0 Å². The molecular formula is C17H15F3N2O2. The van der Waals surface area contributed by atoms with E-state index in [0.717, 1.165) is 30.0 Å². The van der Waals surface area contributed by atoms with Crippen LogP contribution in [0.5, 0.6) is 0 Å². The maximum absolute atomic E-state index is 12.5. The normalized spacial score (nSPS) is 16.6. The first-order valence-corrected chi connectivity index (χ1v) is 7.41. The lowest BCUT2D eigenvalue weighted by Crippen LogP contribution is -2.50. The Morgan fingerprint density at radius 1 is 1.17 bits per heavy atom. The number of amides is 1. The second-order valence-corrected chi connectivity index (χ2v) is 5.72. The summed E-state index contributed by atoms with van der Waals surface area (Å²) in [6.45, 7) is 0.876. The molecular weight excluding hydrogens is 321 g/mol. The molecule has 1 fully saturated rings. The minimum Gasteiger partial charge on any atom is -0.378 e. The lowest BCUT2D eigenvalue weighted by molar-refractivity contribution is -0.145. The Hall–Kier alpha value is -2.41. The molecule has 1 atom stereocenters. The van der Waals surface area contributed by atoms with Crippen molar-refractivity contribution in [2.24, 2.45) is 0 Å². The highest BCUT2D eigenvalue weighted by Gasteiger charge is 2.36. The molecule has 0 spiro atoms. The van der Waals surface area contributed by atoms with Crippen LogP contribution in [0.2, 0.25) is 0 Å². The molecule has 2 heterocycles. The van der Waals surface area contributed by atoms with Crippen molar-refractivity contribution in [3.63, 3.8) is 0 Å². The van der Waals surface area contributed by atoms with Gasteiger partial charge in [0.25, 0.3) is 5.91 Å². The van der Waals surface area contributed by atoms with Crippen LogP contribution in [-0.4, -0.2) is 34.0 Å². The average Bonchev–Trinajstić information content (AvgIpc) is 2.53. The number of aliphatic hydroxyl groups excluding tert-OH is 1. The average molecular weight is 336 g/mol. The van der Waals surface area contributed by atoms with Crippen LogP contribution in [0.4, 0.5) is 13.2 Å². The molecule has 1 aliphatic heterocycles. The van der Waals surface area contributed by atoms with E-state index in [1.54, 1.807) is 12.3 Å². The molecule has 1 unspecified atom stereocenters. The molecule has 1 aromatic heterocycles. The van der Waals surface area contributed by atoms with Crippen molar-refractivity contribution in [1.82, 2.24) is 9.88 Å². The van der Waals surface area contributed by atoms with Crippen LogP contribution >= 0.6 is 0 Å². The lowest BCUT2D eigenvalue weighted by Gasteiger charge is -2.40. The standard InChI is InChI=1S/C17H15F3N2O2/c18-17(19,20)13-6-4-11(5-7-13)15(23)16(24)22-9-12(10-22)14-3-1-2-8-21-14/h1-8,12,15,23H,9-10H2. The number of rotatable bonds is 3. The Balaban J connectivity index is 1.62. The summed E-state index contributed by atoms with van der Waals surface area (Å²) in [5.41, 5.74) is 0.213. The maximum Gasteiger partial charge on any atom is 0.416 e. The van der Waals surface area contributed by atoms with Gasteiger partial charge in [-0.2, -0.15) is 13.2 Å². The van der Waals surface area contributed by atoms with Gasteiger partial charge in [-0.15, -0.1) is 0 Å². The van der Waals surface area contributed by atoms with Crippen molar-refractivity contribution in [2.45, 2.75) is 18.2 Å². The fourth-order valence-electron chi connectivity index (χ4n) is 2.63. The quantitative estimate of drug-likeness (QED) is 0.938. The van der Waals surface area contributed by atoms with E-state index in [-0.39, 0.29) is 11.5 Å². The number of aromatic nitrogens is 1. The zero-order chi connectivity index (χ0) is 17.3.